The topological polar surface area (TPSA) is 199 Å². The Morgan fingerprint density at radius 1 is 1.04 bits per heavy atom. The molecule has 4 atom stereocenters. The van der Waals surface area contributed by atoms with E-state index in [0.717, 1.165) is 0 Å². The lowest BCUT2D eigenvalue weighted by Gasteiger charge is -2.25. The smallest absolute Gasteiger partial charge is 0.246 e. The third-order valence-electron chi connectivity index (χ3n) is 3.12. The summed E-state index contributed by atoms with van der Waals surface area (Å²) in [6.07, 6.45) is -5.69. The maximum atomic E-state index is 11.7. The van der Waals surface area contributed by atoms with Gasteiger partial charge in [0.2, 0.25) is 23.4 Å². The lowest BCUT2D eigenvalue weighted by atomic mass is 9.97. The molecule has 0 aliphatic rings. The van der Waals surface area contributed by atoms with E-state index in [1.165, 1.54) is 6.92 Å². The fourth-order valence-corrected chi connectivity index (χ4v) is 1.53. The van der Waals surface area contributed by atoms with Crippen LogP contribution < -0.4 is 16.4 Å². The molecule has 0 rings (SSSR count). The van der Waals surface area contributed by atoms with E-state index in [1.807, 2.05) is 0 Å². The van der Waals surface area contributed by atoms with Crippen molar-refractivity contribution >= 4 is 23.4 Å². The van der Waals surface area contributed by atoms with Crippen LogP contribution >= 0.6 is 0 Å². The molecule has 0 unspecified atom stereocenters. The number of carbonyl (C=O) groups is 4. The normalized spacial score (nSPS) is 15.4. The van der Waals surface area contributed by atoms with E-state index >= 15 is 0 Å². The van der Waals surface area contributed by atoms with E-state index in [-0.39, 0.29) is 5.57 Å². The molecule has 0 aromatic heterocycles. The molecular weight excluding hydrogens is 338 g/mol. The van der Waals surface area contributed by atoms with E-state index in [4.69, 9.17) is 10.8 Å². The van der Waals surface area contributed by atoms with Crippen LogP contribution in [-0.4, -0.2) is 87.9 Å². The van der Waals surface area contributed by atoms with Crippen molar-refractivity contribution in [3.05, 3.63) is 12.2 Å². The molecule has 11 nitrogen and oxygen atoms in total. The predicted octanol–water partition coefficient (Wildman–Crippen LogP) is -4.66. The summed E-state index contributed by atoms with van der Waals surface area (Å²) in [5, 5.41) is 41.2. The summed E-state index contributed by atoms with van der Waals surface area (Å²) >= 11 is 0. The number of ketones is 2. The standard InChI is InChI=1S/C14H23N3O8/c1-6(2)14(25)17-4-9(21)16-3-7(19)11(22)10(15)13(24)12(23)8(20)5-18/h8,10,12-13,18,20,23-24H,1,3-5,15H2,2H3,(H,16,21)(H,17,25)/t8-,10+,12+,13-/m1/s1. The monoisotopic (exact) mass is 361 g/mol. The number of aliphatic hydroxyl groups is 4. The summed E-state index contributed by atoms with van der Waals surface area (Å²) in [7, 11) is 0. The second kappa shape index (κ2) is 10.6. The van der Waals surface area contributed by atoms with Crippen molar-refractivity contribution in [2.24, 2.45) is 5.73 Å². The first-order chi connectivity index (χ1) is 11.5. The van der Waals surface area contributed by atoms with Crippen LogP contribution in [0.3, 0.4) is 0 Å². The fraction of sp³-hybridized carbons (Fsp3) is 0.571. The van der Waals surface area contributed by atoms with Crippen LogP contribution in [0.25, 0.3) is 0 Å². The number of aliphatic hydroxyl groups excluding tert-OH is 4. The molecule has 0 aromatic rings. The maximum absolute atomic E-state index is 11.7. The van der Waals surface area contributed by atoms with Crippen LogP contribution in [0.5, 0.6) is 0 Å². The van der Waals surface area contributed by atoms with Crippen molar-refractivity contribution in [3.63, 3.8) is 0 Å². The van der Waals surface area contributed by atoms with Crippen molar-refractivity contribution in [2.75, 3.05) is 19.7 Å². The van der Waals surface area contributed by atoms with Gasteiger partial charge in [-0.3, -0.25) is 19.2 Å². The number of nitrogens with one attached hydrogen (secondary N) is 2. The molecule has 0 saturated heterocycles. The summed E-state index contributed by atoms with van der Waals surface area (Å²) in [5.41, 5.74) is 5.52. The quantitative estimate of drug-likeness (QED) is 0.140. The maximum Gasteiger partial charge on any atom is 0.246 e. The van der Waals surface area contributed by atoms with Gasteiger partial charge in [0, 0.05) is 5.57 Å². The highest BCUT2D eigenvalue weighted by Crippen LogP contribution is 2.04. The average Bonchev–Trinajstić information content (AvgIpc) is 2.60. The summed E-state index contributed by atoms with van der Waals surface area (Å²) in [5.74, 6) is -3.75. The van der Waals surface area contributed by atoms with Gasteiger partial charge in [-0.25, -0.2) is 0 Å². The number of Topliss-reactive ketones (excluding diaryl/α,β-unsaturated/α-hetero) is 2. The number of amides is 2. The molecule has 0 saturated carbocycles. The van der Waals surface area contributed by atoms with Crippen molar-refractivity contribution in [1.29, 1.82) is 0 Å². The van der Waals surface area contributed by atoms with Crippen molar-refractivity contribution in [3.8, 4) is 0 Å². The Balaban J connectivity index is 4.46. The van der Waals surface area contributed by atoms with Gasteiger partial charge in [0.1, 0.15) is 24.4 Å². The Morgan fingerprint density at radius 3 is 2.08 bits per heavy atom. The van der Waals surface area contributed by atoms with E-state index in [2.05, 4.69) is 17.2 Å². The minimum atomic E-state index is -2.00. The number of rotatable bonds is 11. The molecule has 11 heteroatoms. The Bertz CT molecular complexity index is 536. The molecule has 0 bridgehead atoms. The number of nitrogens with two attached hydrogens (primary N) is 1. The van der Waals surface area contributed by atoms with Crippen LogP contribution in [0.15, 0.2) is 12.2 Å². The fourth-order valence-electron chi connectivity index (χ4n) is 1.53. The van der Waals surface area contributed by atoms with Gasteiger partial charge in [-0.1, -0.05) is 6.58 Å². The highest BCUT2D eigenvalue weighted by atomic mass is 16.4. The summed E-state index contributed by atoms with van der Waals surface area (Å²) in [4.78, 5) is 46.0. The average molecular weight is 361 g/mol. The lowest BCUT2D eigenvalue weighted by molar-refractivity contribution is -0.142. The molecule has 0 radical (unpaired) electrons. The van der Waals surface area contributed by atoms with Gasteiger partial charge in [-0.05, 0) is 6.92 Å². The third kappa shape index (κ3) is 7.49. The van der Waals surface area contributed by atoms with E-state index in [1.54, 1.807) is 0 Å². The van der Waals surface area contributed by atoms with Crippen LogP contribution in [-0.2, 0) is 19.2 Å². The minimum Gasteiger partial charge on any atom is -0.394 e. The third-order valence-corrected chi connectivity index (χ3v) is 3.12. The van der Waals surface area contributed by atoms with Crippen molar-refractivity contribution in [1.82, 2.24) is 10.6 Å². The van der Waals surface area contributed by atoms with Crippen molar-refractivity contribution in [2.45, 2.75) is 31.3 Å². The van der Waals surface area contributed by atoms with Gasteiger partial charge in [-0.15, -0.1) is 0 Å². The van der Waals surface area contributed by atoms with Gasteiger partial charge in [0.25, 0.3) is 0 Å². The van der Waals surface area contributed by atoms with Gasteiger partial charge in [0.05, 0.1) is 19.7 Å². The first-order valence-electron chi connectivity index (χ1n) is 7.21. The van der Waals surface area contributed by atoms with Crippen LogP contribution in [0.1, 0.15) is 6.92 Å². The van der Waals surface area contributed by atoms with Gasteiger partial charge in [-0.2, -0.15) is 0 Å². The first-order valence-corrected chi connectivity index (χ1v) is 7.21. The molecule has 2 amide bonds. The highest BCUT2D eigenvalue weighted by Gasteiger charge is 2.35. The summed E-state index contributed by atoms with van der Waals surface area (Å²) in [6, 6.07) is -1.86. The van der Waals surface area contributed by atoms with Gasteiger partial charge >= 0.3 is 0 Å². The minimum absolute atomic E-state index is 0.183. The Hall–Kier alpha value is -2.18. The lowest BCUT2D eigenvalue weighted by Crippen LogP contribution is -2.55. The molecule has 8 N–H and O–H groups in total. The predicted molar refractivity (Wildman–Crippen MR) is 83.9 cm³/mol. The zero-order chi connectivity index (χ0) is 19.7. The SMILES string of the molecule is C=C(C)C(=O)NCC(=O)NCC(=O)C(=O)[C@H](N)[C@@H](O)[C@@H](O)[C@H](O)CO. The molecule has 0 fully saturated rings. The molecule has 0 spiro atoms. The second-order valence-corrected chi connectivity index (χ2v) is 5.28. The van der Waals surface area contributed by atoms with Crippen molar-refractivity contribution < 1.29 is 39.6 Å². The molecule has 142 valence electrons. The zero-order valence-corrected chi connectivity index (χ0v) is 13.6. The number of carbonyl (C=O) groups excluding carboxylic acids is 4. The van der Waals surface area contributed by atoms with Gasteiger partial charge < -0.3 is 36.8 Å². The molecule has 0 heterocycles. The van der Waals surface area contributed by atoms with Crippen LogP contribution in [0.2, 0.25) is 0 Å². The summed E-state index contributed by atoms with van der Waals surface area (Å²) < 4.78 is 0. The Morgan fingerprint density at radius 2 is 1.60 bits per heavy atom. The first kappa shape index (κ1) is 22.8. The summed E-state index contributed by atoms with van der Waals surface area (Å²) in [6.45, 7) is 2.73. The zero-order valence-electron chi connectivity index (χ0n) is 13.6. The van der Waals surface area contributed by atoms with E-state index in [0.29, 0.717) is 0 Å². The molecule has 0 aliphatic carbocycles. The Kier molecular flexibility index (Phi) is 9.71. The van der Waals surface area contributed by atoms with E-state index < -0.39 is 67.4 Å². The second-order valence-electron chi connectivity index (χ2n) is 5.28. The largest absolute Gasteiger partial charge is 0.394 e. The molecule has 0 aliphatic heterocycles. The van der Waals surface area contributed by atoms with Crippen LogP contribution in [0.4, 0.5) is 0 Å². The van der Waals surface area contributed by atoms with Gasteiger partial charge in [0.15, 0.2) is 0 Å². The van der Waals surface area contributed by atoms with E-state index in [9.17, 15) is 34.5 Å². The van der Waals surface area contributed by atoms with Crippen LogP contribution in [0, 0.1) is 0 Å². The number of hydrogen-bond acceptors (Lipinski definition) is 9. The molecular formula is C14H23N3O8. The molecule has 25 heavy (non-hydrogen) atoms. The number of hydrogen-bond donors (Lipinski definition) is 7. The Labute approximate surface area is 143 Å². The highest BCUT2D eigenvalue weighted by molar-refractivity contribution is 6.40. The molecule has 0 aromatic carbocycles.